The highest BCUT2D eigenvalue weighted by atomic mass is 19.3. The lowest BCUT2D eigenvalue weighted by Gasteiger charge is -2.19. The van der Waals surface area contributed by atoms with Crippen LogP contribution in [0.3, 0.4) is 0 Å². The molecule has 8 nitrogen and oxygen atoms in total. The van der Waals surface area contributed by atoms with Gasteiger partial charge in [-0.15, -0.1) is 0 Å². The van der Waals surface area contributed by atoms with Crippen molar-refractivity contribution in [3.63, 3.8) is 0 Å². The van der Waals surface area contributed by atoms with Crippen molar-refractivity contribution < 1.29 is 42.1 Å². The second-order valence-electron chi connectivity index (χ2n) is 5.73. The van der Waals surface area contributed by atoms with Gasteiger partial charge in [-0.25, -0.2) is 4.79 Å². The molecule has 2 aromatic carbocycles. The minimum atomic E-state index is -3.04. The summed E-state index contributed by atoms with van der Waals surface area (Å²) in [6.45, 7) is -2.72. The number of halogens is 2. The number of carbonyl (C=O) groups is 2. The van der Waals surface area contributed by atoms with Gasteiger partial charge in [-0.3, -0.25) is 4.79 Å². The SMILES string of the molecule is COc1cc(C(=O)OCC(=O)Nc2ccc3c(c2)OCCO3)ccc1OC(F)F. The molecule has 0 fully saturated rings. The molecule has 0 spiro atoms. The first-order valence-corrected chi connectivity index (χ1v) is 8.45. The monoisotopic (exact) mass is 409 g/mol. The van der Waals surface area contributed by atoms with Crippen LogP contribution in [-0.4, -0.2) is 45.4 Å². The average Bonchev–Trinajstić information content (AvgIpc) is 2.71. The molecule has 1 heterocycles. The molecule has 1 amide bonds. The number of amides is 1. The number of carbonyl (C=O) groups excluding carboxylic acids is 2. The number of hydrogen-bond donors (Lipinski definition) is 1. The lowest BCUT2D eigenvalue weighted by molar-refractivity contribution is -0.119. The van der Waals surface area contributed by atoms with Crippen molar-refractivity contribution in [2.75, 3.05) is 32.2 Å². The molecule has 154 valence electrons. The van der Waals surface area contributed by atoms with Crippen LogP contribution in [0.4, 0.5) is 14.5 Å². The van der Waals surface area contributed by atoms with Crippen LogP contribution in [0.15, 0.2) is 36.4 Å². The third-order valence-electron chi connectivity index (χ3n) is 3.78. The largest absolute Gasteiger partial charge is 0.493 e. The maximum Gasteiger partial charge on any atom is 0.387 e. The second-order valence-corrected chi connectivity index (χ2v) is 5.73. The Balaban J connectivity index is 1.56. The molecule has 29 heavy (non-hydrogen) atoms. The number of ether oxygens (including phenoxy) is 5. The van der Waals surface area contributed by atoms with E-state index in [-0.39, 0.29) is 17.1 Å². The molecule has 1 aliphatic heterocycles. The smallest absolute Gasteiger partial charge is 0.387 e. The molecule has 2 aromatic rings. The zero-order chi connectivity index (χ0) is 20.8. The van der Waals surface area contributed by atoms with Crippen molar-refractivity contribution in [2.24, 2.45) is 0 Å². The Morgan fingerprint density at radius 1 is 1.07 bits per heavy atom. The first-order valence-electron chi connectivity index (χ1n) is 8.45. The summed E-state index contributed by atoms with van der Waals surface area (Å²) in [5.74, 6) is -0.613. The van der Waals surface area contributed by atoms with Crippen LogP contribution in [0, 0.1) is 0 Å². The van der Waals surface area contributed by atoms with E-state index in [0.717, 1.165) is 6.07 Å². The van der Waals surface area contributed by atoms with Crippen molar-refractivity contribution in [1.29, 1.82) is 0 Å². The molecular formula is C19H17F2NO7. The molecule has 0 saturated carbocycles. The van der Waals surface area contributed by atoms with Gasteiger partial charge in [0.25, 0.3) is 5.91 Å². The van der Waals surface area contributed by atoms with Crippen molar-refractivity contribution >= 4 is 17.6 Å². The predicted molar refractivity (Wildman–Crippen MR) is 96.0 cm³/mol. The van der Waals surface area contributed by atoms with Gasteiger partial charge < -0.3 is 29.0 Å². The Morgan fingerprint density at radius 2 is 1.83 bits per heavy atom. The van der Waals surface area contributed by atoms with Gasteiger partial charge in [0.15, 0.2) is 29.6 Å². The fourth-order valence-corrected chi connectivity index (χ4v) is 2.52. The predicted octanol–water partition coefficient (Wildman–Crippen LogP) is 2.86. The van der Waals surface area contributed by atoms with E-state index in [0.29, 0.717) is 30.4 Å². The van der Waals surface area contributed by atoms with Crippen molar-refractivity contribution in [2.45, 2.75) is 6.61 Å². The van der Waals surface area contributed by atoms with E-state index in [1.165, 1.54) is 19.2 Å². The first-order chi connectivity index (χ1) is 14.0. The number of methoxy groups -OCH3 is 1. The summed E-state index contributed by atoms with van der Waals surface area (Å²) < 4.78 is 49.7. The van der Waals surface area contributed by atoms with E-state index >= 15 is 0 Å². The van der Waals surface area contributed by atoms with Crippen LogP contribution in [-0.2, 0) is 9.53 Å². The number of nitrogens with one attached hydrogen (secondary N) is 1. The molecule has 0 atom stereocenters. The van der Waals surface area contributed by atoms with Gasteiger partial charge in [0.1, 0.15) is 13.2 Å². The zero-order valence-electron chi connectivity index (χ0n) is 15.3. The molecule has 0 aliphatic carbocycles. The maximum absolute atomic E-state index is 12.3. The van der Waals surface area contributed by atoms with E-state index in [9.17, 15) is 18.4 Å². The summed E-state index contributed by atoms with van der Waals surface area (Å²) in [5.41, 5.74) is 0.459. The Bertz CT molecular complexity index is 904. The van der Waals surface area contributed by atoms with E-state index in [1.807, 2.05) is 0 Å². The van der Waals surface area contributed by atoms with Crippen LogP contribution < -0.4 is 24.3 Å². The van der Waals surface area contributed by atoms with Gasteiger partial charge in [-0.1, -0.05) is 0 Å². The summed E-state index contributed by atoms with van der Waals surface area (Å²) in [6.07, 6.45) is 0. The fraction of sp³-hybridized carbons (Fsp3) is 0.263. The second kappa shape index (κ2) is 9.09. The molecular weight excluding hydrogens is 392 g/mol. The van der Waals surface area contributed by atoms with E-state index in [4.69, 9.17) is 18.9 Å². The fourth-order valence-electron chi connectivity index (χ4n) is 2.52. The highest BCUT2D eigenvalue weighted by molar-refractivity contribution is 5.96. The maximum atomic E-state index is 12.3. The number of alkyl halides is 2. The average molecular weight is 409 g/mol. The standard InChI is InChI=1S/C19H17F2NO7/c1-25-15-8-11(2-4-14(15)29-19(20)21)18(24)28-10-17(23)22-12-3-5-13-16(9-12)27-7-6-26-13/h2-5,8-9,19H,6-7,10H2,1H3,(H,22,23). The quantitative estimate of drug-likeness (QED) is 0.703. The Kier molecular flexibility index (Phi) is 6.32. The molecule has 0 bridgehead atoms. The third-order valence-corrected chi connectivity index (χ3v) is 3.78. The molecule has 3 rings (SSSR count). The number of rotatable bonds is 7. The van der Waals surface area contributed by atoms with Crippen LogP contribution >= 0.6 is 0 Å². The van der Waals surface area contributed by atoms with Crippen molar-refractivity contribution in [3.8, 4) is 23.0 Å². The van der Waals surface area contributed by atoms with Gasteiger partial charge in [0.2, 0.25) is 0 Å². The minimum absolute atomic E-state index is 0.00981. The first kappa shape index (κ1) is 20.2. The third kappa shape index (κ3) is 5.24. The van der Waals surface area contributed by atoms with Crippen LogP contribution in [0.5, 0.6) is 23.0 Å². The summed E-state index contributed by atoms with van der Waals surface area (Å²) in [6, 6.07) is 8.43. The molecule has 10 heteroatoms. The Labute approximate surface area is 164 Å². The lowest BCUT2D eigenvalue weighted by atomic mass is 10.2. The van der Waals surface area contributed by atoms with E-state index in [2.05, 4.69) is 10.1 Å². The normalized spacial score (nSPS) is 12.3. The number of benzene rings is 2. The highest BCUT2D eigenvalue weighted by Crippen LogP contribution is 2.32. The Morgan fingerprint density at radius 3 is 2.55 bits per heavy atom. The number of hydrogen-bond acceptors (Lipinski definition) is 7. The lowest BCUT2D eigenvalue weighted by Crippen LogP contribution is -2.21. The van der Waals surface area contributed by atoms with Gasteiger partial charge >= 0.3 is 12.6 Å². The molecule has 0 saturated heterocycles. The van der Waals surface area contributed by atoms with Crippen LogP contribution in [0.2, 0.25) is 0 Å². The minimum Gasteiger partial charge on any atom is -0.493 e. The van der Waals surface area contributed by atoms with E-state index < -0.39 is 25.1 Å². The highest BCUT2D eigenvalue weighted by Gasteiger charge is 2.17. The van der Waals surface area contributed by atoms with Gasteiger partial charge in [0, 0.05) is 11.8 Å². The van der Waals surface area contributed by atoms with Crippen LogP contribution in [0.1, 0.15) is 10.4 Å². The van der Waals surface area contributed by atoms with Gasteiger partial charge in [-0.05, 0) is 30.3 Å². The van der Waals surface area contributed by atoms with Crippen LogP contribution in [0.25, 0.3) is 0 Å². The van der Waals surface area contributed by atoms with Crippen molar-refractivity contribution in [1.82, 2.24) is 0 Å². The molecule has 0 unspecified atom stereocenters. The zero-order valence-corrected chi connectivity index (χ0v) is 15.3. The van der Waals surface area contributed by atoms with Gasteiger partial charge in [0.05, 0.1) is 12.7 Å². The summed E-state index contributed by atoms with van der Waals surface area (Å²) in [7, 11) is 1.24. The molecule has 0 aromatic heterocycles. The number of fused-ring (bicyclic) bond motifs is 1. The number of anilines is 1. The summed E-state index contributed by atoms with van der Waals surface area (Å²) in [4.78, 5) is 24.1. The van der Waals surface area contributed by atoms with Gasteiger partial charge in [-0.2, -0.15) is 8.78 Å². The topological polar surface area (TPSA) is 92.3 Å². The molecule has 1 aliphatic rings. The van der Waals surface area contributed by atoms with E-state index in [1.54, 1.807) is 18.2 Å². The summed E-state index contributed by atoms with van der Waals surface area (Å²) in [5, 5.41) is 2.57. The molecule has 1 N–H and O–H groups in total. The summed E-state index contributed by atoms with van der Waals surface area (Å²) >= 11 is 0. The number of esters is 1. The van der Waals surface area contributed by atoms with Crippen molar-refractivity contribution in [3.05, 3.63) is 42.0 Å². The molecule has 0 radical (unpaired) electrons. The Hall–Kier alpha value is -3.56.